The second-order valence-electron chi connectivity index (χ2n) is 8.22. The monoisotopic (exact) mass is 477 g/mol. The Kier molecular flexibility index (Phi) is 6.97. The first-order chi connectivity index (χ1) is 17.8. The lowest BCUT2D eigenvalue weighted by atomic mass is 10.1. The lowest BCUT2D eigenvalue weighted by Gasteiger charge is -2.28. The number of hydrogen-bond donors (Lipinski definition) is 1. The van der Waals surface area contributed by atoms with E-state index < -0.39 is 24.5 Å². The van der Waals surface area contributed by atoms with E-state index >= 15 is 0 Å². The fraction of sp³-hybridized carbons (Fsp3) is 0.296. The number of carbonyl (C=O) groups excluding carboxylic acids is 1. The Labute approximate surface area is 207 Å². The summed E-state index contributed by atoms with van der Waals surface area (Å²) in [6, 6.07) is 17.0. The molecule has 0 bridgehead atoms. The molecule has 2 aromatic heterocycles. The van der Waals surface area contributed by atoms with Crippen LogP contribution in [0.2, 0.25) is 0 Å². The number of furan rings is 1. The number of ether oxygens (including phenoxy) is 1. The van der Waals surface area contributed by atoms with Crippen molar-refractivity contribution in [3.05, 3.63) is 83.9 Å². The highest BCUT2D eigenvalue weighted by molar-refractivity contribution is 5.94. The average Bonchev–Trinajstić information content (AvgIpc) is 3.56. The Bertz CT molecular complexity index is 1300. The Hall–Kier alpha value is -4.07. The quantitative estimate of drug-likeness (QED) is 0.285. The van der Waals surface area contributed by atoms with Gasteiger partial charge in [0.15, 0.2) is 0 Å². The molecule has 0 aliphatic heterocycles. The lowest BCUT2D eigenvalue weighted by molar-refractivity contribution is 0.0688. The van der Waals surface area contributed by atoms with Gasteiger partial charge in [0.05, 0.1) is 15.6 Å². The number of hydrogen-bond acceptors (Lipinski definition) is 7. The minimum Gasteiger partial charge on any atom is -0.493 e. The SMILES string of the molecule is [2H]C([2H])(c1ccccc1OCCCCc1nnc(O)o1)N(C(=O)c1ccc(-c2ccco2)cc1)C(C)C. The van der Waals surface area contributed by atoms with Gasteiger partial charge in [-0.1, -0.05) is 35.4 Å². The second-order valence-corrected chi connectivity index (χ2v) is 8.22. The van der Waals surface area contributed by atoms with Crippen molar-refractivity contribution in [2.24, 2.45) is 0 Å². The van der Waals surface area contributed by atoms with E-state index in [0.717, 1.165) is 5.56 Å². The molecule has 1 N–H and O–H groups in total. The average molecular weight is 478 g/mol. The molecule has 0 aliphatic carbocycles. The molecule has 0 radical (unpaired) electrons. The highest BCUT2D eigenvalue weighted by Crippen LogP contribution is 2.24. The zero-order chi connectivity index (χ0) is 26.4. The molecule has 0 fully saturated rings. The number of aryl methyl sites for hydroxylation is 1. The first-order valence-corrected chi connectivity index (χ1v) is 11.5. The van der Waals surface area contributed by atoms with Crippen molar-refractivity contribution in [3.63, 3.8) is 0 Å². The second kappa shape index (κ2) is 11.4. The molecule has 8 nitrogen and oxygen atoms in total. The first-order valence-electron chi connectivity index (χ1n) is 12.5. The molecule has 4 aromatic rings. The van der Waals surface area contributed by atoms with Crippen LogP contribution in [0.1, 0.15) is 51.2 Å². The summed E-state index contributed by atoms with van der Waals surface area (Å²) < 4.78 is 34.3. The van der Waals surface area contributed by atoms with Crippen molar-refractivity contribution in [3.8, 4) is 23.1 Å². The van der Waals surface area contributed by atoms with Gasteiger partial charge in [0, 0.05) is 35.6 Å². The van der Waals surface area contributed by atoms with Gasteiger partial charge in [-0.25, -0.2) is 0 Å². The molecule has 1 amide bonds. The number of unbranched alkanes of at least 4 members (excludes halogenated alkanes) is 1. The van der Waals surface area contributed by atoms with Gasteiger partial charge in [-0.3, -0.25) is 4.79 Å². The predicted octanol–water partition coefficient (Wildman–Crippen LogP) is 5.49. The molecule has 2 heterocycles. The molecule has 0 spiro atoms. The number of nitrogens with zero attached hydrogens (tertiary/aromatic N) is 3. The van der Waals surface area contributed by atoms with Crippen molar-refractivity contribution in [1.29, 1.82) is 0 Å². The summed E-state index contributed by atoms with van der Waals surface area (Å²) in [5.41, 5.74) is 1.47. The van der Waals surface area contributed by atoms with Crippen LogP contribution < -0.4 is 4.74 Å². The molecule has 0 aliphatic rings. The molecule has 8 heteroatoms. The van der Waals surface area contributed by atoms with Gasteiger partial charge in [-0.05, 0) is 57.0 Å². The Morgan fingerprint density at radius 1 is 1.09 bits per heavy atom. The fourth-order valence-corrected chi connectivity index (χ4v) is 3.49. The molecule has 182 valence electrons. The van der Waals surface area contributed by atoms with Crippen molar-refractivity contribution in [2.45, 2.75) is 45.6 Å². The van der Waals surface area contributed by atoms with Gasteiger partial charge in [0.25, 0.3) is 5.91 Å². The van der Waals surface area contributed by atoms with E-state index in [-0.39, 0.29) is 5.56 Å². The van der Waals surface area contributed by atoms with Gasteiger partial charge < -0.3 is 23.6 Å². The van der Waals surface area contributed by atoms with Crippen molar-refractivity contribution < 1.29 is 26.2 Å². The zero-order valence-corrected chi connectivity index (χ0v) is 19.7. The summed E-state index contributed by atoms with van der Waals surface area (Å²) >= 11 is 0. The molecule has 0 atom stereocenters. The number of aromatic nitrogens is 2. The number of amides is 1. The van der Waals surface area contributed by atoms with E-state index in [2.05, 4.69) is 10.2 Å². The van der Waals surface area contributed by atoms with E-state index in [9.17, 15) is 4.79 Å². The standard InChI is InChI=1S/C27H29N3O5/c1-19(2)30(26(31)21-14-12-20(13-15-21)23-10-7-17-34-23)18-22-8-3-4-9-24(22)33-16-6-5-11-25-28-29-27(32)35-25/h3-4,7-10,12-15,17,19H,5-6,11,16,18H2,1-2H3,(H,29,32)/i18D2. The van der Waals surface area contributed by atoms with Crippen LogP contribution in [-0.4, -0.2) is 38.8 Å². The maximum atomic E-state index is 13.5. The van der Waals surface area contributed by atoms with Crippen LogP contribution in [0.3, 0.4) is 0 Å². The number of carbonyl (C=O) groups is 1. The third kappa shape index (κ3) is 6.29. The normalized spacial score (nSPS) is 12.3. The van der Waals surface area contributed by atoms with E-state index in [4.69, 9.17) is 21.4 Å². The number of para-hydroxylation sites is 1. The van der Waals surface area contributed by atoms with Gasteiger partial charge >= 0.3 is 6.08 Å². The Morgan fingerprint density at radius 2 is 1.89 bits per heavy atom. The van der Waals surface area contributed by atoms with E-state index in [0.29, 0.717) is 48.8 Å². The Balaban J connectivity index is 1.47. The largest absolute Gasteiger partial charge is 0.493 e. The van der Waals surface area contributed by atoms with E-state index in [1.54, 1.807) is 74.7 Å². The minimum atomic E-state index is -2.14. The highest BCUT2D eigenvalue weighted by atomic mass is 16.5. The highest BCUT2D eigenvalue weighted by Gasteiger charge is 2.21. The van der Waals surface area contributed by atoms with Crippen molar-refractivity contribution >= 4 is 5.91 Å². The summed E-state index contributed by atoms with van der Waals surface area (Å²) in [7, 11) is 0. The molecular weight excluding hydrogens is 446 g/mol. The van der Waals surface area contributed by atoms with Gasteiger partial charge in [0.2, 0.25) is 5.89 Å². The van der Waals surface area contributed by atoms with Crippen LogP contribution in [0.25, 0.3) is 11.3 Å². The van der Waals surface area contributed by atoms with Gasteiger partial charge in [-0.2, -0.15) is 0 Å². The maximum Gasteiger partial charge on any atom is 0.412 e. The molecule has 35 heavy (non-hydrogen) atoms. The fourth-order valence-electron chi connectivity index (χ4n) is 3.49. The van der Waals surface area contributed by atoms with Crippen LogP contribution in [0.15, 0.2) is 75.8 Å². The summed E-state index contributed by atoms with van der Waals surface area (Å²) in [5, 5.41) is 16.3. The molecule has 0 saturated carbocycles. The maximum absolute atomic E-state index is 13.5. The Morgan fingerprint density at radius 3 is 2.57 bits per heavy atom. The van der Waals surface area contributed by atoms with Crippen LogP contribution in [-0.2, 0) is 12.9 Å². The topological polar surface area (TPSA) is 102 Å². The predicted molar refractivity (Wildman–Crippen MR) is 130 cm³/mol. The number of rotatable bonds is 11. The van der Waals surface area contributed by atoms with Gasteiger partial charge in [0.1, 0.15) is 11.5 Å². The molecule has 0 unspecified atom stereocenters. The third-order valence-electron chi connectivity index (χ3n) is 5.30. The van der Waals surface area contributed by atoms with Crippen LogP contribution >= 0.6 is 0 Å². The molecule has 4 rings (SSSR count). The molecule has 0 saturated heterocycles. The number of aromatic hydroxyl groups is 1. The lowest BCUT2D eigenvalue weighted by Crippen LogP contribution is -2.36. The molecular formula is C27H29N3O5. The van der Waals surface area contributed by atoms with E-state index in [1.807, 2.05) is 6.07 Å². The smallest absolute Gasteiger partial charge is 0.412 e. The van der Waals surface area contributed by atoms with Crippen LogP contribution in [0.4, 0.5) is 0 Å². The summed E-state index contributed by atoms with van der Waals surface area (Å²) in [6.45, 7) is 1.76. The van der Waals surface area contributed by atoms with Crippen molar-refractivity contribution in [2.75, 3.05) is 6.61 Å². The zero-order valence-electron chi connectivity index (χ0n) is 21.7. The first kappa shape index (κ1) is 21.5. The van der Waals surface area contributed by atoms with Crippen LogP contribution in [0.5, 0.6) is 11.8 Å². The van der Waals surface area contributed by atoms with E-state index in [1.165, 1.54) is 4.90 Å². The number of benzene rings is 2. The van der Waals surface area contributed by atoms with Crippen LogP contribution in [0, 0.1) is 0 Å². The van der Waals surface area contributed by atoms with Gasteiger partial charge in [-0.15, -0.1) is 5.10 Å². The molecule has 2 aromatic carbocycles. The van der Waals surface area contributed by atoms with Crippen molar-refractivity contribution in [1.82, 2.24) is 15.1 Å². The summed E-state index contributed by atoms with van der Waals surface area (Å²) in [4.78, 5) is 14.8. The summed E-state index contributed by atoms with van der Waals surface area (Å²) in [6.07, 6.45) is 2.95. The minimum absolute atomic E-state index is 0.270. The third-order valence-corrected chi connectivity index (χ3v) is 5.30. The summed E-state index contributed by atoms with van der Waals surface area (Å²) in [5.74, 6) is 0.979.